The quantitative estimate of drug-likeness (QED) is 0.0146. The molecule has 0 rings (SSSR count). The van der Waals surface area contributed by atoms with Gasteiger partial charge >= 0.3 is 33.6 Å². The van der Waals surface area contributed by atoms with Crippen molar-refractivity contribution in [2.45, 2.75) is 373 Å². The summed E-state index contributed by atoms with van der Waals surface area (Å²) in [7, 11) is -9.79. The first-order valence-corrected chi connectivity index (χ1v) is 43.5. The number of rotatable bonds is 77. The highest BCUT2D eigenvalue weighted by Gasteiger charge is 2.29. The Balaban J connectivity index is 4.58. The summed E-state index contributed by atoms with van der Waals surface area (Å²) < 4.78 is 61.2. The van der Waals surface area contributed by atoms with E-state index >= 15 is 0 Å². The minimum absolute atomic E-state index is 0.107. The molecule has 586 valence electrons. The topological polar surface area (TPSA) is 231 Å². The van der Waals surface area contributed by atoms with Crippen molar-refractivity contribution in [1.29, 1.82) is 0 Å². The molecule has 0 saturated heterocycles. The maximum Gasteiger partial charge on any atom is 0.472 e. The first-order chi connectivity index (χ1) is 49.2. The van der Waals surface area contributed by atoms with Gasteiger partial charge in [-0.25, -0.2) is 9.13 Å². The fourth-order valence-electron chi connectivity index (χ4n) is 11.1. The lowest BCUT2D eigenvalue weighted by molar-refractivity contribution is -0.161. The van der Waals surface area contributed by atoms with Crippen LogP contribution in [-0.4, -0.2) is 95.9 Å². The lowest BCUT2D eigenvalue weighted by Gasteiger charge is -2.21. The third kappa shape index (κ3) is 77.4. The third-order valence-electron chi connectivity index (χ3n) is 17.3. The summed E-state index contributed by atoms with van der Waals surface area (Å²) >= 11 is 0. The number of unbranched alkanes of at least 4 members (excludes halogenated alkanes) is 38. The number of allylic oxidation sites excluding steroid dienone is 16. The molecule has 101 heavy (non-hydrogen) atoms. The molecule has 0 amide bonds. The minimum atomic E-state index is -4.93. The number of hydrogen-bond acceptors (Lipinski definition) is 14. The number of phosphoric ester groups is 2. The van der Waals surface area contributed by atoms with Crippen LogP contribution in [0.1, 0.15) is 355 Å². The van der Waals surface area contributed by atoms with Crippen LogP contribution in [-0.2, 0) is 55.8 Å². The van der Waals surface area contributed by atoms with Gasteiger partial charge in [0.15, 0.2) is 6.10 Å². The zero-order chi connectivity index (χ0) is 73.7. The number of ether oxygens (including phenoxy) is 3. The predicted octanol–water partition coefficient (Wildman–Crippen LogP) is 23.8. The summed E-state index contributed by atoms with van der Waals surface area (Å²) in [5, 5.41) is 20.6. The molecule has 18 heteroatoms. The second kappa shape index (κ2) is 76.1. The molecular formula is C83H148O16P2. The number of hydrogen-bond donors (Lipinski definition) is 4. The molecule has 0 heterocycles. The standard InChI is InChI=1S/C83H148O16P2/c1-4-7-10-13-16-19-22-25-28-30-32-34-36-38-40-42-44-46-49-51-54-57-60-63-66-69-81(86)93-72-78(84)73-95-100(89,90)96-74-79(85)75-97-101(91,92)98-77-80(99-83(88)71-68-65-62-59-56-53-48-27-24-21-18-15-12-9-6-3)76-94-82(87)70-67-64-61-58-55-52-50-47-45-43-41-39-37-35-33-31-29-26-23-20-17-14-11-8-5-2/h16-17,19-20,25-26,28-29,32-35,38-41,78-80,84-85H,4-15,18,21-24,27,30-31,36-37,42-77H2,1-3H3,(H,89,90)(H,91,92)/b19-16-,20-17-,28-25-,29-26-,34-32-,35-33-,40-38-,41-39-. The number of carbonyl (C=O) groups excluding carboxylic acids is 3. The smallest absolute Gasteiger partial charge is 0.463 e. The van der Waals surface area contributed by atoms with E-state index < -0.39 is 91.5 Å². The van der Waals surface area contributed by atoms with E-state index in [1.807, 2.05) is 0 Å². The Bertz CT molecular complexity index is 2220. The fraction of sp³-hybridized carbons (Fsp3) is 0.771. The van der Waals surface area contributed by atoms with E-state index in [4.69, 9.17) is 32.3 Å². The van der Waals surface area contributed by atoms with Gasteiger partial charge in [-0.15, -0.1) is 0 Å². The lowest BCUT2D eigenvalue weighted by Crippen LogP contribution is -2.30. The van der Waals surface area contributed by atoms with Gasteiger partial charge in [0, 0.05) is 19.3 Å². The zero-order valence-corrected chi connectivity index (χ0v) is 65.9. The van der Waals surface area contributed by atoms with Crippen LogP contribution >= 0.6 is 15.6 Å². The van der Waals surface area contributed by atoms with E-state index in [2.05, 4.69) is 118 Å². The Kier molecular flexibility index (Phi) is 73.5. The normalized spacial score (nSPS) is 14.5. The summed E-state index contributed by atoms with van der Waals surface area (Å²) in [6.45, 7) is 2.66. The summed E-state index contributed by atoms with van der Waals surface area (Å²) in [5.74, 6) is -1.57. The second-order valence-corrected chi connectivity index (χ2v) is 30.1. The largest absolute Gasteiger partial charge is 0.472 e. The molecule has 16 nitrogen and oxygen atoms in total. The van der Waals surface area contributed by atoms with Gasteiger partial charge in [-0.3, -0.25) is 32.5 Å². The molecule has 0 aliphatic rings. The van der Waals surface area contributed by atoms with Crippen molar-refractivity contribution >= 4 is 33.6 Å². The summed E-state index contributed by atoms with van der Waals surface area (Å²) in [6.07, 6.45) is 87.2. The number of carbonyl (C=O) groups is 3. The Labute approximate surface area is 616 Å². The molecule has 0 bridgehead atoms. The molecule has 5 atom stereocenters. The first kappa shape index (κ1) is 97.5. The number of aliphatic hydroxyl groups is 2. The van der Waals surface area contributed by atoms with Gasteiger partial charge in [0.25, 0.3) is 0 Å². The maximum absolute atomic E-state index is 13.0. The fourth-order valence-corrected chi connectivity index (χ4v) is 12.7. The molecule has 0 aromatic carbocycles. The molecule has 0 aliphatic carbocycles. The number of phosphoric acid groups is 2. The van der Waals surface area contributed by atoms with Gasteiger partial charge in [-0.2, -0.15) is 0 Å². The Morgan fingerprint density at radius 1 is 0.277 bits per heavy atom. The van der Waals surface area contributed by atoms with Crippen LogP contribution in [0.5, 0.6) is 0 Å². The SMILES string of the molecule is CCCCC/C=C\C/C=C\C/C=C\C/C=C\CCCCCCCCCCCC(=O)OCC(O)COP(=O)(O)OCC(O)COP(=O)(O)OCC(COC(=O)CCCCCCCCCCC/C=C\C/C=C\C/C=C\C/C=C\CCCCC)OC(=O)CCCCCCCCCCCCCCCCC. The van der Waals surface area contributed by atoms with Crippen LogP contribution in [0.4, 0.5) is 0 Å². The van der Waals surface area contributed by atoms with E-state index in [0.29, 0.717) is 19.3 Å². The number of esters is 3. The van der Waals surface area contributed by atoms with Gasteiger partial charge in [-0.1, -0.05) is 323 Å². The van der Waals surface area contributed by atoms with Crippen LogP contribution in [0.2, 0.25) is 0 Å². The van der Waals surface area contributed by atoms with E-state index in [1.165, 1.54) is 167 Å². The molecule has 4 N–H and O–H groups in total. The van der Waals surface area contributed by atoms with E-state index in [9.17, 15) is 43.5 Å². The van der Waals surface area contributed by atoms with Crippen molar-refractivity contribution in [2.24, 2.45) is 0 Å². The molecule has 0 aromatic rings. The Hall–Kier alpha value is -3.53. The zero-order valence-electron chi connectivity index (χ0n) is 64.1. The summed E-state index contributed by atoms with van der Waals surface area (Å²) in [4.78, 5) is 58.7. The van der Waals surface area contributed by atoms with Crippen molar-refractivity contribution < 1.29 is 75.8 Å². The maximum atomic E-state index is 13.0. The minimum Gasteiger partial charge on any atom is -0.463 e. The molecule has 0 saturated carbocycles. The van der Waals surface area contributed by atoms with Crippen LogP contribution in [0, 0.1) is 0 Å². The van der Waals surface area contributed by atoms with Crippen molar-refractivity contribution in [2.75, 3.05) is 39.6 Å². The first-order valence-electron chi connectivity index (χ1n) is 40.5. The van der Waals surface area contributed by atoms with Gasteiger partial charge in [-0.05, 0) is 109 Å². The van der Waals surface area contributed by atoms with E-state index in [1.54, 1.807) is 0 Å². The second-order valence-electron chi connectivity index (χ2n) is 27.2. The molecule has 0 radical (unpaired) electrons. The van der Waals surface area contributed by atoms with Gasteiger partial charge in [0.2, 0.25) is 0 Å². The molecule has 0 aromatic heterocycles. The van der Waals surface area contributed by atoms with Crippen molar-refractivity contribution in [3.05, 3.63) is 97.2 Å². The van der Waals surface area contributed by atoms with Gasteiger partial charge in [0.1, 0.15) is 25.4 Å². The van der Waals surface area contributed by atoms with Crippen molar-refractivity contribution in [1.82, 2.24) is 0 Å². The highest BCUT2D eigenvalue weighted by Crippen LogP contribution is 2.45. The number of aliphatic hydroxyl groups excluding tert-OH is 2. The summed E-state index contributed by atoms with van der Waals surface area (Å²) in [6, 6.07) is 0. The van der Waals surface area contributed by atoms with Crippen molar-refractivity contribution in [3.63, 3.8) is 0 Å². The highest BCUT2D eigenvalue weighted by atomic mass is 31.2. The molecule has 5 unspecified atom stereocenters. The predicted molar refractivity (Wildman–Crippen MR) is 417 cm³/mol. The molecular weight excluding hydrogens is 1310 g/mol. The van der Waals surface area contributed by atoms with Crippen LogP contribution in [0.15, 0.2) is 97.2 Å². The monoisotopic (exact) mass is 1460 g/mol. The average Bonchev–Trinajstić information content (AvgIpc) is 1.19. The van der Waals surface area contributed by atoms with Crippen LogP contribution in [0.25, 0.3) is 0 Å². The third-order valence-corrected chi connectivity index (χ3v) is 19.2. The Morgan fingerprint density at radius 2 is 0.495 bits per heavy atom. The van der Waals surface area contributed by atoms with Crippen LogP contribution < -0.4 is 0 Å². The lowest BCUT2D eigenvalue weighted by atomic mass is 10.0. The molecule has 0 aliphatic heterocycles. The van der Waals surface area contributed by atoms with E-state index in [-0.39, 0.29) is 19.3 Å². The van der Waals surface area contributed by atoms with Crippen LogP contribution in [0.3, 0.4) is 0 Å². The molecule has 0 spiro atoms. The highest BCUT2D eigenvalue weighted by molar-refractivity contribution is 7.47. The van der Waals surface area contributed by atoms with Crippen molar-refractivity contribution in [3.8, 4) is 0 Å². The van der Waals surface area contributed by atoms with E-state index in [0.717, 1.165) is 128 Å². The Morgan fingerprint density at radius 3 is 0.802 bits per heavy atom. The van der Waals surface area contributed by atoms with Gasteiger partial charge in [0.05, 0.1) is 26.4 Å². The summed E-state index contributed by atoms with van der Waals surface area (Å²) in [5.41, 5.74) is 0. The van der Waals surface area contributed by atoms with Gasteiger partial charge < -0.3 is 34.2 Å². The molecule has 0 fully saturated rings. The average molecular weight is 1460 g/mol.